The summed E-state index contributed by atoms with van der Waals surface area (Å²) in [6.07, 6.45) is 18.2. The van der Waals surface area contributed by atoms with Gasteiger partial charge in [-0.05, 0) is 62.6 Å². The number of nitrogens with two attached hydrogens (primary N) is 1. The molecule has 1 aliphatic heterocycles. The number of hydrogen-bond donors (Lipinski definition) is 9. The van der Waals surface area contributed by atoms with Crippen molar-refractivity contribution >= 4 is 11.8 Å². The molecular weight excluding hydrogens is 746 g/mol. The van der Waals surface area contributed by atoms with E-state index < -0.39 is 30.3 Å². The molecule has 1 aliphatic rings. The third-order valence-corrected chi connectivity index (χ3v) is 10.8. The Balaban J connectivity index is 1.38. The number of benzene rings is 1. The van der Waals surface area contributed by atoms with Gasteiger partial charge in [-0.3, -0.25) is 9.59 Å². The van der Waals surface area contributed by atoms with Crippen molar-refractivity contribution in [1.29, 1.82) is 0 Å². The number of aliphatic hydroxyl groups excluding tert-OH is 6. The Morgan fingerprint density at radius 2 is 1.33 bits per heavy atom. The minimum Gasteiger partial charge on any atom is -0.491 e. The Bertz CT molecular complexity index is 1180. The lowest BCUT2D eigenvalue weighted by Crippen LogP contribution is -2.40. The number of epoxide rings is 1. The number of unbranched alkanes of at least 4 members (excludes halogenated alkanes) is 13. The van der Waals surface area contributed by atoms with E-state index >= 15 is 0 Å². The normalized spacial score (nSPS) is 18.2. The quantitative estimate of drug-likeness (QED) is 0.0339. The lowest BCUT2D eigenvalue weighted by Gasteiger charge is -2.17. The highest BCUT2D eigenvalue weighted by Crippen LogP contribution is 2.32. The highest BCUT2D eigenvalue weighted by Gasteiger charge is 2.43. The van der Waals surface area contributed by atoms with Crippen molar-refractivity contribution in [2.24, 2.45) is 5.73 Å². The van der Waals surface area contributed by atoms with Gasteiger partial charge in [-0.1, -0.05) is 102 Å². The van der Waals surface area contributed by atoms with Gasteiger partial charge in [0.05, 0.1) is 56.3 Å². The van der Waals surface area contributed by atoms with Gasteiger partial charge in [0.25, 0.3) is 0 Å². The van der Waals surface area contributed by atoms with Crippen molar-refractivity contribution in [2.75, 3.05) is 39.6 Å². The van der Waals surface area contributed by atoms with E-state index in [1.807, 2.05) is 0 Å². The second-order valence-corrected chi connectivity index (χ2v) is 16.2. The van der Waals surface area contributed by atoms with Crippen LogP contribution in [0.2, 0.25) is 0 Å². The number of nitrogens with one attached hydrogen (secondary N) is 2. The molecule has 0 aliphatic carbocycles. The van der Waals surface area contributed by atoms with Crippen molar-refractivity contribution in [3.8, 4) is 5.75 Å². The number of rotatable bonds is 38. The van der Waals surface area contributed by atoms with Crippen molar-refractivity contribution in [3.05, 3.63) is 29.8 Å². The van der Waals surface area contributed by atoms with Gasteiger partial charge in [-0.25, -0.2) is 0 Å². The maximum absolute atomic E-state index is 12.4. The summed E-state index contributed by atoms with van der Waals surface area (Å²) in [6, 6.07) is 5.77. The highest BCUT2D eigenvalue weighted by atomic mass is 16.6. The summed E-state index contributed by atoms with van der Waals surface area (Å²) in [5.74, 6) is -0.362. The highest BCUT2D eigenvalue weighted by molar-refractivity contribution is 5.80. The van der Waals surface area contributed by atoms with Crippen molar-refractivity contribution in [1.82, 2.24) is 10.6 Å². The predicted octanol–water partition coefficient (Wildman–Crippen LogP) is 4.09. The first kappa shape index (κ1) is 51.7. The lowest BCUT2D eigenvalue weighted by molar-refractivity contribution is -0.130. The van der Waals surface area contributed by atoms with Gasteiger partial charge in [-0.2, -0.15) is 0 Å². The number of hydrogen-bond acceptors (Lipinski definition) is 12. The Morgan fingerprint density at radius 3 is 1.91 bits per heavy atom. The number of aliphatic hydroxyl groups is 6. The van der Waals surface area contributed by atoms with Crippen LogP contribution in [-0.4, -0.2) is 125 Å². The van der Waals surface area contributed by atoms with Crippen LogP contribution in [0.25, 0.3) is 0 Å². The molecule has 0 radical (unpaired) electrons. The molecule has 10 N–H and O–H groups in total. The molecule has 0 aromatic heterocycles. The Kier molecular flexibility index (Phi) is 28.9. The largest absolute Gasteiger partial charge is 0.491 e. The molecule has 1 unspecified atom stereocenters. The first-order valence-corrected chi connectivity index (χ1v) is 22.2. The molecule has 2 amide bonds. The van der Waals surface area contributed by atoms with Gasteiger partial charge in [0.1, 0.15) is 24.6 Å². The van der Waals surface area contributed by atoms with Crippen LogP contribution in [0.1, 0.15) is 153 Å². The van der Waals surface area contributed by atoms with Crippen molar-refractivity contribution < 1.29 is 54.4 Å². The summed E-state index contributed by atoms with van der Waals surface area (Å²) in [4.78, 5) is 23.6. The minimum atomic E-state index is -1.25. The molecule has 1 saturated heterocycles. The average Bonchev–Trinajstić information content (AvgIpc) is 4.00. The van der Waals surface area contributed by atoms with E-state index in [1.165, 1.54) is 58.3 Å². The third-order valence-electron chi connectivity index (χ3n) is 10.8. The van der Waals surface area contributed by atoms with E-state index in [0.717, 1.165) is 70.8 Å². The number of carbonyl (C=O) groups excluding carboxylic acids is 2. The third kappa shape index (κ3) is 25.3. The van der Waals surface area contributed by atoms with Crippen LogP contribution >= 0.6 is 0 Å². The van der Waals surface area contributed by atoms with Gasteiger partial charge in [-0.15, -0.1) is 0 Å². The van der Waals surface area contributed by atoms with E-state index in [0.29, 0.717) is 30.8 Å². The van der Waals surface area contributed by atoms with Crippen LogP contribution in [0.3, 0.4) is 0 Å². The van der Waals surface area contributed by atoms with Crippen molar-refractivity contribution in [3.63, 3.8) is 0 Å². The summed E-state index contributed by atoms with van der Waals surface area (Å²) >= 11 is 0. The Hall–Kier alpha value is -2.40. The van der Waals surface area contributed by atoms with E-state index in [4.69, 9.17) is 25.1 Å². The van der Waals surface area contributed by atoms with Crippen LogP contribution in [0.5, 0.6) is 5.75 Å². The predicted molar refractivity (Wildman–Crippen MR) is 224 cm³/mol. The van der Waals surface area contributed by atoms with E-state index in [2.05, 4.69) is 10.6 Å². The first-order chi connectivity index (χ1) is 28.0. The SMILES string of the molecule is CC(=O)N[C@@H](CO)COc1ccc([C@@H](O)CNC(=O)[C@@H](O)CCC[C@H](O)[C@H]2O[C@H]2CCCCCCCC(O)CCCCCCCCCCCCOC[C@@H](N)CO)cc1. The average molecular weight is 826 g/mol. The molecule has 1 fully saturated rings. The van der Waals surface area contributed by atoms with Gasteiger partial charge < -0.3 is 61.2 Å². The van der Waals surface area contributed by atoms with Gasteiger partial charge >= 0.3 is 0 Å². The second kappa shape index (κ2) is 32.4. The van der Waals surface area contributed by atoms with E-state index in [9.17, 15) is 35.1 Å². The smallest absolute Gasteiger partial charge is 0.248 e. The fourth-order valence-electron chi connectivity index (χ4n) is 7.07. The van der Waals surface area contributed by atoms with Crippen LogP contribution in [0.15, 0.2) is 24.3 Å². The molecule has 1 aromatic carbocycles. The van der Waals surface area contributed by atoms with Gasteiger partial charge in [0.2, 0.25) is 11.8 Å². The van der Waals surface area contributed by atoms with Crippen LogP contribution in [-0.2, 0) is 19.1 Å². The first-order valence-electron chi connectivity index (χ1n) is 22.2. The molecule has 2 rings (SSSR count). The Labute approximate surface area is 347 Å². The lowest BCUT2D eigenvalue weighted by atomic mass is 10.0. The molecule has 58 heavy (non-hydrogen) atoms. The van der Waals surface area contributed by atoms with Crippen LogP contribution in [0, 0.1) is 0 Å². The topological polar surface area (TPSA) is 237 Å². The maximum Gasteiger partial charge on any atom is 0.248 e. The number of ether oxygens (including phenoxy) is 3. The summed E-state index contributed by atoms with van der Waals surface area (Å²) in [5.41, 5.74) is 6.16. The van der Waals surface area contributed by atoms with E-state index in [-0.39, 0.29) is 63.0 Å². The number of amides is 2. The molecule has 0 spiro atoms. The number of carbonyl (C=O) groups is 2. The molecule has 0 saturated carbocycles. The molecule has 14 heteroatoms. The van der Waals surface area contributed by atoms with Crippen LogP contribution < -0.4 is 21.1 Å². The zero-order valence-electron chi connectivity index (χ0n) is 35.3. The molecule has 336 valence electrons. The molecule has 1 heterocycles. The molecular formula is C44H79N3O11. The fraction of sp³-hybridized carbons (Fsp3) is 0.818. The molecule has 14 nitrogen and oxygen atoms in total. The van der Waals surface area contributed by atoms with Crippen molar-refractivity contribution in [2.45, 2.75) is 190 Å². The van der Waals surface area contributed by atoms with Gasteiger partial charge in [0, 0.05) is 20.1 Å². The summed E-state index contributed by atoms with van der Waals surface area (Å²) in [5, 5.41) is 65.1. The summed E-state index contributed by atoms with van der Waals surface area (Å²) in [7, 11) is 0. The zero-order chi connectivity index (χ0) is 42.4. The molecule has 1 aromatic rings. The monoisotopic (exact) mass is 826 g/mol. The second-order valence-electron chi connectivity index (χ2n) is 16.2. The van der Waals surface area contributed by atoms with Crippen LogP contribution in [0.4, 0.5) is 0 Å². The molecule has 0 bridgehead atoms. The zero-order valence-corrected chi connectivity index (χ0v) is 35.3. The Morgan fingerprint density at radius 1 is 0.741 bits per heavy atom. The molecule has 8 atom stereocenters. The minimum absolute atomic E-state index is 0.0298. The standard InChI is InChI=1S/C44H79N3O11/c1-33(50)47-36(30-49)32-57-38-25-23-34(24-26-38)41(54)28-46-44(55)40(53)21-17-20-39(52)43-42(58-43)22-15-11-8-10-14-19-37(51)18-13-9-6-4-2-3-5-7-12-16-27-56-31-35(45)29-48/h23-26,35-37,39-43,48-49,51-54H,2-22,27-32,45H2,1H3,(H,46,55)(H,47,50)/t35-,36-,37?,39-,40-,41-,42-,43+/m0/s1. The maximum atomic E-state index is 12.4. The van der Waals surface area contributed by atoms with Gasteiger partial charge in [0.15, 0.2) is 0 Å². The summed E-state index contributed by atoms with van der Waals surface area (Å²) < 4.78 is 16.7. The van der Waals surface area contributed by atoms with E-state index in [1.54, 1.807) is 24.3 Å². The summed E-state index contributed by atoms with van der Waals surface area (Å²) in [6.45, 7) is 2.22. The fourth-order valence-corrected chi connectivity index (χ4v) is 7.07.